The molecule has 138 valence electrons. The summed E-state index contributed by atoms with van der Waals surface area (Å²) in [6.45, 7) is 6.89. The highest BCUT2D eigenvalue weighted by atomic mass is 16.8. The second-order valence-electron chi connectivity index (χ2n) is 7.54. The van der Waals surface area contributed by atoms with Crippen LogP contribution in [-0.2, 0) is 23.9 Å². The maximum Gasteiger partial charge on any atom is 0.341 e. The summed E-state index contributed by atoms with van der Waals surface area (Å²) in [4.78, 5) is 53.7. The standard InChI is InChI=1S/C18H19NO7/c1-17(2,3)16-24-15(23)18(4,25-16)9-12(20)26-19-13(21)10-7-5-6-8-11(10)14(19)22/h5-8,16H,9H2,1-4H3/t16-,18+/m1/s1. The number of nitrogens with zero attached hydrogens (tertiary/aromatic N) is 1. The van der Waals surface area contributed by atoms with Crippen LogP contribution in [0.1, 0.15) is 54.8 Å². The van der Waals surface area contributed by atoms with Crippen molar-refractivity contribution in [2.75, 3.05) is 0 Å². The van der Waals surface area contributed by atoms with Gasteiger partial charge in [0.15, 0.2) is 5.60 Å². The Hall–Kier alpha value is -2.74. The van der Waals surface area contributed by atoms with E-state index in [-0.39, 0.29) is 11.1 Å². The zero-order valence-electron chi connectivity index (χ0n) is 14.9. The van der Waals surface area contributed by atoms with Crippen molar-refractivity contribution in [3.05, 3.63) is 35.4 Å². The van der Waals surface area contributed by atoms with Crippen LogP contribution in [0.25, 0.3) is 0 Å². The molecule has 2 aliphatic heterocycles. The molecule has 1 aromatic rings. The van der Waals surface area contributed by atoms with Crippen molar-refractivity contribution < 1.29 is 33.5 Å². The van der Waals surface area contributed by atoms with Crippen molar-refractivity contribution in [3.63, 3.8) is 0 Å². The Labute approximate surface area is 149 Å². The van der Waals surface area contributed by atoms with E-state index in [1.165, 1.54) is 19.1 Å². The van der Waals surface area contributed by atoms with Gasteiger partial charge in [-0.15, -0.1) is 0 Å². The highest BCUT2D eigenvalue weighted by molar-refractivity contribution is 6.20. The number of cyclic esters (lactones) is 1. The van der Waals surface area contributed by atoms with E-state index >= 15 is 0 Å². The number of fused-ring (bicyclic) bond motifs is 1. The minimum absolute atomic E-state index is 0.154. The van der Waals surface area contributed by atoms with Gasteiger partial charge in [-0.05, 0) is 19.1 Å². The van der Waals surface area contributed by atoms with Gasteiger partial charge < -0.3 is 14.3 Å². The molecule has 0 N–H and O–H groups in total. The molecule has 1 saturated heterocycles. The third-order valence-electron chi connectivity index (χ3n) is 4.15. The second-order valence-corrected chi connectivity index (χ2v) is 7.54. The first-order valence-electron chi connectivity index (χ1n) is 8.10. The summed E-state index contributed by atoms with van der Waals surface area (Å²) in [6.07, 6.45) is -1.31. The van der Waals surface area contributed by atoms with Crippen LogP contribution in [0, 0.1) is 5.41 Å². The van der Waals surface area contributed by atoms with E-state index in [9.17, 15) is 19.2 Å². The quantitative estimate of drug-likeness (QED) is 0.598. The van der Waals surface area contributed by atoms with Crippen LogP contribution >= 0.6 is 0 Å². The van der Waals surface area contributed by atoms with Gasteiger partial charge in [-0.3, -0.25) is 9.59 Å². The molecule has 0 spiro atoms. The van der Waals surface area contributed by atoms with Gasteiger partial charge in [0, 0.05) is 5.41 Å². The van der Waals surface area contributed by atoms with E-state index in [2.05, 4.69) is 0 Å². The van der Waals surface area contributed by atoms with Gasteiger partial charge in [-0.2, -0.15) is 0 Å². The van der Waals surface area contributed by atoms with Crippen molar-refractivity contribution in [3.8, 4) is 0 Å². The Bertz CT molecular complexity index is 775. The van der Waals surface area contributed by atoms with E-state index < -0.39 is 47.5 Å². The maximum absolute atomic E-state index is 12.2. The fourth-order valence-corrected chi connectivity index (χ4v) is 2.66. The van der Waals surface area contributed by atoms with Crippen molar-refractivity contribution in [1.29, 1.82) is 0 Å². The van der Waals surface area contributed by atoms with Gasteiger partial charge in [0.05, 0.1) is 17.5 Å². The average Bonchev–Trinajstić information content (AvgIpc) is 2.97. The molecule has 0 aromatic heterocycles. The van der Waals surface area contributed by atoms with Gasteiger partial charge in [-0.25, -0.2) is 9.59 Å². The number of benzene rings is 1. The van der Waals surface area contributed by atoms with E-state index in [1.54, 1.807) is 12.1 Å². The van der Waals surface area contributed by atoms with Gasteiger partial charge in [0.25, 0.3) is 11.8 Å². The maximum atomic E-state index is 12.2. The lowest BCUT2D eigenvalue weighted by atomic mass is 9.96. The molecule has 3 rings (SSSR count). The van der Waals surface area contributed by atoms with Crippen LogP contribution in [-0.4, -0.2) is 40.7 Å². The number of ether oxygens (including phenoxy) is 2. The molecule has 0 bridgehead atoms. The van der Waals surface area contributed by atoms with Crippen LogP contribution in [0.5, 0.6) is 0 Å². The molecule has 0 unspecified atom stereocenters. The van der Waals surface area contributed by atoms with Gasteiger partial charge in [-0.1, -0.05) is 38.0 Å². The largest absolute Gasteiger partial charge is 0.433 e. The zero-order valence-corrected chi connectivity index (χ0v) is 14.9. The first kappa shape index (κ1) is 18.1. The highest BCUT2D eigenvalue weighted by Gasteiger charge is 2.52. The van der Waals surface area contributed by atoms with Crippen LogP contribution in [0.15, 0.2) is 24.3 Å². The van der Waals surface area contributed by atoms with Gasteiger partial charge >= 0.3 is 11.9 Å². The predicted molar refractivity (Wildman–Crippen MR) is 86.5 cm³/mol. The lowest BCUT2D eigenvalue weighted by Crippen LogP contribution is -2.40. The van der Waals surface area contributed by atoms with E-state index in [1.807, 2.05) is 20.8 Å². The molecule has 2 atom stereocenters. The summed E-state index contributed by atoms with van der Waals surface area (Å²) >= 11 is 0. The Morgan fingerprint density at radius 3 is 2.15 bits per heavy atom. The van der Waals surface area contributed by atoms with E-state index in [0.29, 0.717) is 5.06 Å². The first-order chi connectivity index (χ1) is 12.0. The molecule has 8 heteroatoms. The number of amides is 2. The molecule has 1 fully saturated rings. The fraction of sp³-hybridized carbons (Fsp3) is 0.444. The number of carbonyl (C=O) groups excluding carboxylic acids is 4. The van der Waals surface area contributed by atoms with Crippen LogP contribution in [0.4, 0.5) is 0 Å². The highest BCUT2D eigenvalue weighted by Crippen LogP contribution is 2.36. The van der Waals surface area contributed by atoms with Crippen molar-refractivity contribution in [1.82, 2.24) is 5.06 Å². The number of esters is 1. The number of hydrogen-bond donors (Lipinski definition) is 0. The van der Waals surface area contributed by atoms with E-state index in [0.717, 1.165) is 0 Å². The molecule has 1 aromatic carbocycles. The Balaban J connectivity index is 1.70. The molecule has 8 nitrogen and oxygen atoms in total. The number of imide groups is 1. The predicted octanol–water partition coefficient (Wildman–Crippen LogP) is 1.84. The van der Waals surface area contributed by atoms with Crippen molar-refractivity contribution in [2.45, 2.75) is 46.0 Å². The zero-order chi connectivity index (χ0) is 19.3. The monoisotopic (exact) mass is 361 g/mol. The SMILES string of the molecule is CC(C)(C)[C@@H]1OC(=O)[C@](C)(CC(=O)ON2C(=O)c3ccccc3C2=O)O1. The molecule has 2 amide bonds. The summed E-state index contributed by atoms with van der Waals surface area (Å²) in [6, 6.07) is 6.14. The van der Waals surface area contributed by atoms with Crippen LogP contribution in [0.3, 0.4) is 0 Å². The Kier molecular flexibility index (Phi) is 4.11. The number of hydrogen-bond acceptors (Lipinski definition) is 7. The van der Waals surface area contributed by atoms with Crippen molar-refractivity contribution in [2.24, 2.45) is 5.41 Å². The minimum atomic E-state index is -1.55. The van der Waals surface area contributed by atoms with Crippen LogP contribution < -0.4 is 0 Å². The summed E-state index contributed by atoms with van der Waals surface area (Å²) < 4.78 is 10.8. The molecular formula is C18H19NO7. The Morgan fingerprint density at radius 2 is 1.69 bits per heavy atom. The molecule has 26 heavy (non-hydrogen) atoms. The number of rotatable bonds is 3. The fourth-order valence-electron chi connectivity index (χ4n) is 2.66. The normalized spacial score (nSPS) is 25.3. The summed E-state index contributed by atoms with van der Waals surface area (Å²) in [5.41, 5.74) is -1.71. The molecule has 2 heterocycles. The molecule has 0 aliphatic carbocycles. The van der Waals surface area contributed by atoms with E-state index in [4.69, 9.17) is 14.3 Å². The average molecular weight is 361 g/mol. The topological polar surface area (TPSA) is 99.2 Å². The molecule has 0 radical (unpaired) electrons. The lowest BCUT2D eigenvalue weighted by molar-refractivity contribution is -0.179. The number of carbonyl (C=O) groups is 4. The summed E-state index contributed by atoms with van der Waals surface area (Å²) in [7, 11) is 0. The minimum Gasteiger partial charge on any atom is -0.433 e. The van der Waals surface area contributed by atoms with Gasteiger partial charge in [0.2, 0.25) is 6.29 Å². The third kappa shape index (κ3) is 2.96. The second kappa shape index (κ2) is 5.91. The van der Waals surface area contributed by atoms with Gasteiger partial charge in [0.1, 0.15) is 0 Å². The summed E-state index contributed by atoms with van der Waals surface area (Å²) in [5, 5.41) is 0.401. The third-order valence-corrected chi connectivity index (χ3v) is 4.15. The smallest absolute Gasteiger partial charge is 0.341 e. The Morgan fingerprint density at radius 1 is 1.15 bits per heavy atom. The summed E-state index contributed by atoms with van der Waals surface area (Å²) in [5.74, 6) is -3.11. The molecule has 2 aliphatic rings. The number of hydroxylamine groups is 2. The first-order valence-corrected chi connectivity index (χ1v) is 8.10. The molecular weight excluding hydrogens is 342 g/mol. The molecule has 0 saturated carbocycles. The van der Waals surface area contributed by atoms with Crippen LogP contribution in [0.2, 0.25) is 0 Å². The lowest BCUT2D eigenvalue weighted by Gasteiger charge is -2.26. The van der Waals surface area contributed by atoms with Crippen molar-refractivity contribution >= 4 is 23.8 Å².